The number of aliphatic hydroxyl groups is 1. The van der Waals surface area contributed by atoms with E-state index in [4.69, 9.17) is 16.3 Å². The van der Waals surface area contributed by atoms with Gasteiger partial charge in [-0.15, -0.1) is 0 Å². The van der Waals surface area contributed by atoms with Gasteiger partial charge in [-0.25, -0.2) is 0 Å². The first-order valence-electron chi connectivity index (χ1n) is 8.95. The lowest BCUT2D eigenvalue weighted by Gasteiger charge is -2.27. The number of aliphatic hydroxyl groups excluding tert-OH is 1. The molecule has 1 saturated heterocycles. The summed E-state index contributed by atoms with van der Waals surface area (Å²) >= 11 is 6.01. The van der Waals surface area contributed by atoms with Gasteiger partial charge < -0.3 is 9.84 Å². The van der Waals surface area contributed by atoms with Crippen LogP contribution in [0.25, 0.3) is 0 Å². The van der Waals surface area contributed by atoms with E-state index in [0.29, 0.717) is 28.9 Å². The summed E-state index contributed by atoms with van der Waals surface area (Å²) in [6.45, 7) is 1.71. The van der Waals surface area contributed by atoms with E-state index in [2.05, 4.69) is 29.2 Å². The number of ether oxygens (including phenoxy) is 1. The van der Waals surface area contributed by atoms with Gasteiger partial charge in [0.15, 0.2) is 0 Å². The monoisotopic (exact) mass is 370 g/mol. The van der Waals surface area contributed by atoms with Crippen molar-refractivity contribution >= 4 is 11.6 Å². The molecule has 2 atom stereocenters. The van der Waals surface area contributed by atoms with Crippen molar-refractivity contribution in [1.29, 1.82) is 5.26 Å². The Bertz CT molecular complexity index is 760. The maximum atomic E-state index is 10.4. The van der Waals surface area contributed by atoms with Crippen LogP contribution in [0.1, 0.15) is 24.0 Å². The van der Waals surface area contributed by atoms with Crippen LogP contribution < -0.4 is 4.74 Å². The molecule has 1 fully saturated rings. The number of hydrogen-bond donors (Lipinski definition) is 1. The van der Waals surface area contributed by atoms with Crippen LogP contribution >= 0.6 is 11.6 Å². The molecule has 0 aliphatic carbocycles. The van der Waals surface area contributed by atoms with Gasteiger partial charge >= 0.3 is 0 Å². The highest BCUT2D eigenvalue weighted by molar-refractivity contribution is 6.31. The van der Waals surface area contributed by atoms with E-state index in [1.54, 1.807) is 18.2 Å². The van der Waals surface area contributed by atoms with E-state index in [-0.39, 0.29) is 6.61 Å². The van der Waals surface area contributed by atoms with E-state index in [1.165, 1.54) is 5.56 Å². The molecule has 3 rings (SSSR count). The molecular formula is C21H23ClN2O2. The number of halogens is 1. The summed E-state index contributed by atoms with van der Waals surface area (Å²) in [5.41, 5.74) is 1.64. The molecule has 1 aliphatic heterocycles. The topological polar surface area (TPSA) is 56.5 Å². The summed E-state index contributed by atoms with van der Waals surface area (Å²) in [6, 6.07) is 18.1. The van der Waals surface area contributed by atoms with Gasteiger partial charge in [0.25, 0.3) is 0 Å². The molecule has 0 saturated carbocycles. The summed E-state index contributed by atoms with van der Waals surface area (Å²) in [6.07, 6.45) is 2.69. The molecule has 1 N–H and O–H groups in total. The van der Waals surface area contributed by atoms with E-state index < -0.39 is 6.10 Å². The average Bonchev–Trinajstić information content (AvgIpc) is 3.07. The summed E-state index contributed by atoms with van der Waals surface area (Å²) in [4.78, 5) is 2.34. The SMILES string of the molecule is N#Cc1c(Cl)cccc1OC[C@H](O)CN1CCCC1Cc1ccccc1. The second-order valence-corrected chi connectivity index (χ2v) is 7.08. The van der Waals surface area contributed by atoms with E-state index in [0.717, 1.165) is 25.8 Å². The Morgan fingerprint density at radius 2 is 2.04 bits per heavy atom. The number of hydrogen-bond acceptors (Lipinski definition) is 4. The predicted molar refractivity (Wildman–Crippen MR) is 102 cm³/mol. The minimum absolute atomic E-state index is 0.142. The van der Waals surface area contributed by atoms with Crippen molar-refractivity contribution in [3.63, 3.8) is 0 Å². The van der Waals surface area contributed by atoms with Gasteiger partial charge in [-0.2, -0.15) is 5.26 Å². The Labute approximate surface area is 159 Å². The third-order valence-corrected chi connectivity index (χ3v) is 5.09. The van der Waals surface area contributed by atoms with E-state index >= 15 is 0 Å². The molecule has 0 amide bonds. The number of benzene rings is 2. The third kappa shape index (κ3) is 4.76. The fourth-order valence-corrected chi connectivity index (χ4v) is 3.70. The first-order chi connectivity index (χ1) is 12.7. The van der Waals surface area contributed by atoms with Gasteiger partial charge in [0.05, 0.1) is 5.02 Å². The highest BCUT2D eigenvalue weighted by Gasteiger charge is 2.26. The molecule has 0 spiro atoms. The molecule has 1 aliphatic rings. The molecule has 0 radical (unpaired) electrons. The molecule has 2 aromatic rings. The normalized spacial score (nSPS) is 18.4. The van der Waals surface area contributed by atoms with Crippen molar-refractivity contribution in [3.8, 4) is 11.8 Å². The van der Waals surface area contributed by atoms with Crippen LogP contribution in [-0.4, -0.2) is 41.8 Å². The Hall–Kier alpha value is -2.06. The van der Waals surface area contributed by atoms with Gasteiger partial charge in [0.1, 0.15) is 30.1 Å². The average molecular weight is 371 g/mol. The van der Waals surface area contributed by atoms with Crippen molar-refractivity contribution in [2.45, 2.75) is 31.4 Å². The highest BCUT2D eigenvalue weighted by Crippen LogP contribution is 2.26. The molecule has 26 heavy (non-hydrogen) atoms. The second kappa shape index (κ2) is 9.05. The lowest BCUT2D eigenvalue weighted by atomic mass is 10.0. The van der Waals surface area contributed by atoms with Crippen molar-refractivity contribution in [1.82, 2.24) is 4.90 Å². The van der Waals surface area contributed by atoms with Gasteiger partial charge in [0.2, 0.25) is 0 Å². The molecule has 1 heterocycles. The Kier molecular flexibility index (Phi) is 6.51. The Morgan fingerprint density at radius 1 is 1.23 bits per heavy atom. The predicted octanol–water partition coefficient (Wildman–Crippen LogP) is 3.66. The van der Waals surface area contributed by atoms with Gasteiger partial charge in [-0.1, -0.05) is 48.0 Å². The minimum atomic E-state index is -0.614. The first-order valence-corrected chi connectivity index (χ1v) is 9.32. The first kappa shape index (κ1) is 18.7. The van der Waals surface area contributed by atoms with Crippen LogP contribution in [0.3, 0.4) is 0 Å². The van der Waals surface area contributed by atoms with Crippen LogP contribution in [0, 0.1) is 11.3 Å². The maximum Gasteiger partial charge on any atom is 0.138 e. The molecule has 136 valence electrons. The van der Waals surface area contributed by atoms with Crippen molar-refractivity contribution in [2.75, 3.05) is 19.7 Å². The molecule has 2 aromatic carbocycles. The van der Waals surface area contributed by atoms with Crippen LogP contribution in [0.5, 0.6) is 5.75 Å². The number of β-amino-alcohol motifs (C(OH)–C–C–N with tert-alkyl or cyclic N) is 1. The zero-order valence-electron chi connectivity index (χ0n) is 14.6. The number of likely N-dealkylation sites (tertiary alicyclic amines) is 1. The smallest absolute Gasteiger partial charge is 0.138 e. The minimum Gasteiger partial charge on any atom is -0.489 e. The summed E-state index contributed by atoms with van der Waals surface area (Å²) in [5, 5.41) is 20.0. The third-order valence-electron chi connectivity index (χ3n) is 4.78. The van der Waals surface area contributed by atoms with Gasteiger partial charge in [-0.3, -0.25) is 4.90 Å². The quantitative estimate of drug-likeness (QED) is 0.808. The van der Waals surface area contributed by atoms with Crippen molar-refractivity contribution < 1.29 is 9.84 Å². The number of nitriles is 1. The standard InChI is InChI=1S/C21H23ClN2O2/c22-20-9-4-10-21(19(20)13-23)26-15-18(25)14-24-11-5-8-17(24)12-16-6-2-1-3-7-16/h1-4,6-7,9-10,17-18,25H,5,8,11-12,14-15H2/t17?,18-/m1/s1. The number of rotatable bonds is 7. The fraction of sp³-hybridized carbons (Fsp3) is 0.381. The lowest BCUT2D eigenvalue weighted by Crippen LogP contribution is -2.39. The van der Waals surface area contributed by atoms with Gasteiger partial charge in [-0.05, 0) is 43.5 Å². The van der Waals surface area contributed by atoms with Crippen LogP contribution in [0.15, 0.2) is 48.5 Å². The fourth-order valence-electron chi connectivity index (χ4n) is 3.50. The Morgan fingerprint density at radius 3 is 2.81 bits per heavy atom. The summed E-state index contributed by atoms with van der Waals surface area (Å²) < 4.78 is 5.65. The lowest BCUT2D eigenvalue weighted by molar-refractivity contribution is 0.0639. The zero-order chi connectivity index (χ0) is 18.4. The van der Waals surface area contributed by atoms with E-state index in [1.807, 2.05) is 12.1 Å². The van der Waals surface area contributed by atoms with Crippen molar-refractivity contribution in [2.24, 2.45) is 0 Å². The summed E-state index contributed by atoms with van der Waals surface area (Å²) in [7, 11) is 0. The molecule has 0 bridgehead atoms. The van der Waals surface area contributed by atoms with Gasteiger partial charge in [0, 0.05) is 12.6 Å². The van der Waals surface area contributed by atoms with Crippen molar-refractivity contribution in [3.05, 3.63) is 64.7 Å². The molecule has 1 unspecified atom stereocenters. The van der Waals surface area contributed by atoms with E-state index in [9.17, 15) is 10.4 Å². The van der Waals surface area contributed by atoms with Crippen LogP contribution in [0.4, 0.5) is 0 Å². The molecule has 0 aromatic heterocycles. The largest absolute Gasteiger partial charge is 0.489 e. The number of nitrogens with zero attached hydrogens (tertiary/aromatic N) is 2. The molecule has 5 heteroatoms. The summed E-state index contributed by atoms with van der Waals surface area (Å²) in [5.74, 6) is 0.418. The van der Waals surface area contributed by atoms with Crippen LogP contribution in [0.2, 0.25) is 5.02 Å². The highest BCUT2D eigenvalue weighted by atomic mass is 35.5. The Balaban J connectivity index is 1.54. The molecule has 4 nitrogen and oxygen atoms in total. The van der Waals surface area contributed by atoms with Crippen LogP contribution in [-0.2, 0) is 6.42 Å². The molecular weight excluding hydrogens is 348 g/mol. The second-order valence-electron chi connectivity index (χ2n) is 6.67. The maximum absolute atomic E-state index is 10.4. The zero-order valence-corrected chi connectivity index (χ0v) is 15.4.